The fraction of sp³-hybridized carbons (Fsp3) is 0.214. The molecule has 0 amide bonds. The van der Waals surface area contributed by atoms with Gasteiger partial charge in [-0.3, -0.25) is 4.98 Å². The summed E-state index contributed by atoms with van der Waals surface area (Å²) in [5, 5.41) is 0.767. The van der Waals surface area contributed by atoms with Crippen molar-refractivity contribution in [2.75, 3.05) is 0 Å². The summed E-state index contributed by atoms with van der Waals surface area (Å²) in [7, 11) is 0. The topological polar surface area (TPSA) is 12.9 Å². The summed E-state index contributed by atoms with van der Waals surface area (Å²) in [5.41, 5.74) is 2.29. The molecule has 2 rings (SSSR count). The fourth-order valence-electron chi connectivity index (χ4n) is 1.79. The Kier molecular flexibility index (Phi) is 5.04. The lowest BCUT2D eigenvalue weighted by atomic mass is 9.97. The monoisotopic (exact) mass is 435 g/mol. The lowest BCUT2D eigenvalue weighted by molar-refractivity contribution is 0.722. The second-order valence-corrected chi connectivity index (χ2v) is 6.70. The van der Waals surface area contributed by atoms with Gasteiger partial charge in [0, 0.05) is 31.2 Å². The number of aromatic nitrogens is 1. The minimum Gasteiger partial charge on any atom is -0.261 e. The third-order valence-corrected chi connectivity index (χ3v) is 5.35. The molecular formula is C14H12BrClIN. The van der Waals surface area contributed by atoms with Crippen LogP contribution in [0, 0.1) is 3.57 Å². The van der Waals surface area contributed by atoms with Gasteiger partial charge in [0.15, 0.2) is 0 Å². The Morgan fingerprint density at radius 3 is 2.72 bits per heavy atom. The smallest absolute Gasteiger partial charge is 0.0487 e. The van der Waals surface area contributed by atoms with Crippen molar-refractivity contribution >= 4 is 50.1 Å². The summed E-state index contributed by atoms with van der Waals surface area (Å²) >= 11 is 12.2. The molecule has 0 radical (unpaired) electrons. The number of hydrogen-bond acceptors (Lipinski definition) is 1. The maximum atomic E-state index is 6.07. The highest BCUT2D eigenvalue weighted by Gasteiger charge is 2.21. The third kappa shape index (κ3) is 3.25. The fourth-order valence-corrected chi connectivity index (χ4v) is 3.72. The average Bonchev–Trinajstić information content (AvgIpc) is 2.41. The van der Waals surface area contributed by atoms with Crippen molar-refractivity contribution in [1.82, 2.24) is 4.98 Å². The number of benzene rings is 1. The molecule has 94 valence electrons. The van der Waals surface area contributed by atoms with Crippen molar-refractivity contribution in [3.05, 3.63) is 62.4 Å². The average molecular weight is 437 g/mol. The zero-order valence-corrected chi connectivity index (χ0v) is 14.3. The SMILES string of the molecule is CC(c1ccccn1)C(Br)c1cc(Cl)ccc1I. The molecule has 0 aliphatic heterocycles. The lowest BCUT2D eigenvalue weighted by Gasteiger charge is -2.19. The van der Waals surface area contributed by atoms with Crippen molar-refractivity contribution in [1.29, 1.82) is 0 Å². The van der Waals surface area contributed by atoms with E-state index >= 15 is 0 Å². The van der Waals surface area contributed by atoms with Crippen molar-refractivity contribution in [3.8, 4) is 0 Å². The van der Waals surface area contributed by atoms with Crippen LogP contribution in [0.15, 0.2) is 42.6 Å². The van der Waals surface area contributed by atoms with Gasteiger partial charge in [-0.05, 0) is 58.5 Å². The molecule has 0 bridgehead atoms. The maximum absolute atomic E-state index is 6.07. The molecule has 0 aliphatic rings. The first-order valence-corrected chi connectivity index (χ1v) is 7.97. The van der Waals surface area contributed by atoms with E-state index in [1.165, 1.54) is 9.13 Å². The summed E-state index contributed by atoms with van der Waals surface area (Å²) in [6.45, 7) is 2.17. The third-order valence-electron chi connectivity index (χ3n) is 2.85. The van der Waals surface area contributed by atoms with E-state index in [1.807, 2.05) is 36.5 Å². The second kappa shape index (κ2) is 6.35. The first-order valence-electron chi connectivity index (χ1n) is 5.59. The molecule has 0 spiro atoms. The van der Waals surface area contributed by atoms with E-state index in [0.717, 1.165) is 10.7 Å². The van der Waals surface area contributed by atoms with Gasteiger partial charge in [0.1, 0.15) is 0 Å². The Labute approximate surface area is 134 Å². The van der Waals surface area contributed by atoms with E-state index in [2.05, 4.69) is 56.5 Å². The number of rotatable bonds is 3. The zero-order chi connectivity index (χ0) is 13.1. The molecule has 1 aromatic carbocycles. The van der Waals surface area contributed by atoms with E-state index in [0.29, 0.717) is 0 Å². The quantitative estimate of drug-likeness (QED) is 0.452. The second-order valence-electron chi connectivity index (χ2n) is 4.11. The van der Waals surface area contributed by atoms with Crippen molar-refractivity contribution in [3.63, 3.8) is 0 Å². The molecule has 2 unspecified atom stereocenters. The van der Waals surface area contributed by atoms with Crippen LogP contribution in [0.5, 0.6) is 0 Å². The van der Waals surface area contributed by atoms with E-state index < -0.39 is 0 Å². The highest BCUT2D eigenvalue weighted by molar-refractivity contribution is 14.1. The summed E-state index contributed by atoms with van der Waals surface area (Å²) < 4.78 is 1.21. The minimum absolute atomic E-state index is 0.206. The molecule has 0 saturated heterocycles. The molecule has 0 saturated carbocycles. The van der Waals surface area contributed by atoms with Crippen LogP contribution in [-0.2, 0) is 0 Å². The van der Waals surface area contributed by atoms with E-state index in [9.17, 15) is 0 Å². The molecule has 4 heteroatoms. The normalized spacial score (nSPS) is 14.2. The summed E-state index contributed by atoms with van der Waals surface area (Å²) in [6.07, 6.45) is 1.83. The molecule has 1 aromatic heterocycles. The Hall–Kier alpha value is -0.130. The standard InChI is InChI=1S/C14H12BrClIN/c1-9(13-4-2-3-7-18-13)14(15)11-8-10(16)5-6-12(11)17/h2-9,14H,1H3. The van der Waals surface area contributed by atoms with Gasteiger partial charge in [0.25, 0.3) is 0 Å². The first kappa shape index (κ1) is 14.3. The number of alkyl halides is 1. The highest BCUT2D eigenvalue weighted by atomic mass is 127. The van der Waals surface area contributed by atoms with Gasteiger partial charge in [-0.1, -0.05) is 40.5 Å². The number of halogens is 3. The predicted octanol–water partition coefficient (Wildman–Crippen LogP) is 5.58. The van der Waals surface area contributed by atoms with Crippen LogP contribution >= 0.6 is 50.1 Å². The molecule has 2 atom stereocenters. The van der Waals surface area contributed by atoms with Crippen LogP contribution in [0.3, 0.4) is 0 Å². The molecule has 0 fully saturated rings. The molecule has 1 nitrogen and oxygen atoms in total. The lowest BCUT2D eigenvalue weighted by Crippen LogP contribution is -2.05. The van der Waals surface area contributed by atoms with Crippen LogP contribution in [-0.4, -0.2) is 4.98 Å². The van der Waals surface area contributed by atoms with Crippen LogP contribution < -0.4 is 0 Å². The van der Waals surface area contributed by atoms with Crippen molar-refractivity contribution < 1.29 is 0 Å². The van der Waals surface area contributed by atoms with Crippen molar-refractivity contribution in [2.24, 2.45) is 0 Å². The largest absolute Gasteiger partial charge is 0.261 e. The zero-order valence-electron chi connectivity index (χ0n) is 9.78. The highest BCUT2D eigenvalue weighted by Crippen LogP contribution is 2.39. The molecular weight excluding hydrogens is 424 g/mol. The number of hydrogen-bond donors (Lipinski definition) is 0. The summed E-state index contributed by atoms with van der Waals surface area (Å²) in [4.78, 5) is 4.62. The molecule has 1 heterocycles. The first-order chi connectivity index (χ1) is 8.59. The van der Waals surface area contributed by atoms with Crippen LogP contribution in [0.25, 0.3) is 0 Å². The minimum atomic E-state index is 0.206. The van der Waals surface area contributed by atoms with Crippen LogP contribution in [0.1, 0.15) is 28.9 Å². The Bertz CT molecular complexity index is 533. The Morgan fingerprint density at radius 1 is 1.28 bits per heavy atom. The Balaban J connectivity index is 2.31. The Morgan fingerprint density at radius 2 is 2.06 bits per heavy atom. The van der Waals surface area contributed by atoms with Gasteiger partial charge in [-0.15, -0.1) is 0 Å². The van der Waals surface area contributed by atoms with E-state index in [4.69, 9.17) is 11.6 Å². The predicted molar refractivity (Wildman–Crippen MR) is 88.5 cm³/mol. The maximum Gasteiger partial charge on any atom is 0.0487 e. The molecule has 18 heavy (non-hydrogen) atoms. The van der Waals surface area contributed by atoms with E-state index in [-0.39, 0.29) is 10.7 Å². The summed E-state index contributed by atoms with van der Waals surface area (Å²) in [5.74, 6) is 0.290. The summed E-state index contributed by atoms with van der Waals surface area (Å²) in [6, 6.07) is 12.0. The van der Waals surface area contributed by atoms with Crippen molar-refractivity contribution in [2.45, 2.75) is 17.7 Å². The molecule has 2 aromatic rings. The van der Waals surface area contributed by atoms with Gasteiger partial charge >= 0.3 is 0 Å². The van der Waals surface area contributed by atoms with Gasteiger partial charge in [-0.25, -0.2) is 0 Å². The molecule has 0 N–H and O–H groups in total. The van der Waals surface area contributed by atoms with Crippen LogP contribution in [0.2, 0.25) is 5.02 Å². The van der Waals surface area contributed by atoms with Gasteiger partial charge in [0.05, 0.1) is 0 Å². The number of pyridine rings is 1. The van der Waals surface area contributed by atoms with Gasteiger partial charge < -0.3 is 0 Å². The van der Waals surface area contributed by atoms with E-state index in [1.54, 1.807) is 0 Å². The number of nitrogens with zero attached hydrogens (tertiary/aromatic N) is 1. The molecule has 0 aliphatic carbocycles. The van der Waals surface area contributed by atoms with Gasteiger partial charge in [-0.2, -0.15) is 0 Å². The van der Waals surface area contributed by atoms with Crippen LogP contribution in [0.4, 0.5) is 0 Å². The van der Waals surface area contributed by atoms with Gasteiger partial charge in [0.2, 0.25) is 0 Å².